The molecule has 1 saturated carbocycles. The van der Waals surface area contributed by atoms with Crippen LogP contribution in [-0.2, 0) is 7.05 Å². The third kappa shape index (κ3) is 1.70. The number of thiazole rings is 1. The van der Waals surface area contributed by atoms with E-state index in [1.807, 2.05) is 0 Å². The van der Waals surface area contributed by atoms with Gasteiger partial charge in [-0.2, -0.15) is 5.10 Å². The molecule has 0 radical (unpaired) electrons. The summed E-state index contributed by atoms with van der Waals surface area (Å²) in [5.74, 6) is 1.38. The number of benzene rings is 1. The van der Waals surface area contributed by atoms with Crippen LogP contribution in [0.4, 0.5) is 0 Å². The Hall–Kier alpha value is -1.68. The fraction of sp³-hybridized carbons (Fsp3) is 0.333. The SMILES string of the molecule is Cn1/c(=N/N=C2\CC3CC=CC23)sc2ccccc21. The smallest absolute Gasteiger partial charge is 0.211 e. The maximum absolute atomic E-state index is 4.48. The first-order valence-electron chi connectivity index (χ1n) is 6.64. The summed E-state index contributed by atoms with van der Waals surface area (Å²) < 4.78 is 3.38. The number of aromatic nitrogens is 1. The first kappa shape index (κ1) is 11.2. The third-order valence-electron chi connectivity index (χ3n) is 4.12. The molecule has 4 heteroatoms. The van der Waals surface area contributed by atoms with Crippen molar-refractivity contribution in [2.45, 2.75) is 12.8 Å². The van der Waals surface area contributed by atoms with E-state index >= 15 is 0 Å². The molecular formula is C15H15N3S. The second-order valence-electron chi connectivity index (χ2n) is 5.26. The van der Waals surface area contributed by atoms with Gasteiger partial charge in [0.05, 0.1) is 10.2 Å². The molecular weight excluding hydrogens is 254 g/mol. The summed E-state index contributed by atoms with van der Waals surface area (Å²) in [5.41, 5.74) is 2.47. The molecule has 0 saturated heterocycles. The molecule has 1 fully saturated rings. The van der Waals surface area contributed by atoms with E-state index in [-0.39, 0.29) is 0 Å². The van der Waals surface area contributed by atoms with Crippen LogP contribution < -0.4 is 4.80 Å². The van der Waals surface area contributed by atoms with Gasteiger partial charge in [0.25, 0.3) is 0 Å². The maximum atomic E-state index is 4.48. The van der Waals surface area contributed by atoms with Gasteiger partial charge in [-0.3, -0.25) is 0 Å². The van der Waals surface area contributed by atoms with Crippen LogP contribution >= 0.6 is 11.3 Å². The Labute approximate surface area is 115 Å². The fourth-order valence-electron chi connectivity index (χ4n) is 2.93. The highest BCUT2D eigenvalue weighted by Gasteiger charge is 2.37. The summed E-state index contributed by atoms with van der Waals surface area (Å²) in [6.45, 7) is 0. The van der Waals surface area contributed by atoms with Crippen LogP contribution in [0.1, 0.15) is 12.8 Å². The van der Waals surface area contributed by atoms with Gasteiger partial charge in [-0.25, -0.2) is 0 Å². The van der Waals surface area contributed by atoms with Gasteiger partial charge in [0.15, 0.2) is 0 Å². The van der Waals surface area contributed by atoms with Gasteiger partial charge in [0.2, 0.25) is 4.80 Å². The monoisotopic (exact) mass is 269 g/mol. The molecule has 0 N–H and O–H groups in total. The van der Waals surface area contributed by atoms with E-state index in [2.05, 4.69) is 58.2 Å². The molecule has 2 atom stereocenters. The molecule has 96 valence electrons. The normalized spacial score (nSPS) is 28.1. The molecule has 0 spiro atoms. The molecule has 2 aliphatic carbocycles. The molecule has 19 heavy (non-hydrogen) atoms. The van der Waals surface area contributed by atoms with Crippen molar-refractivity contribution in [3.05, 3.63) is 41.2 Å². The Kier molecular flexibility index (Phi) is 2.45. The van der Waals surface area contributed by atoms with Crippen LogP contribution in [0.3, 0.4) is 0 Å². The lowest BCUT2D eigenvalue weighted by atomic mass is 9.74. The molecule has 1 aromatic carbocycles. The number of aryl methyl sites for hydroxylation is 1. The van der Waals surface area contributed by atoms with E-state index in [1.165, 1.54) is 22.3 Å². The van der Waals surface area contributed by atoms with Crippen LogP contribution in [0, 0.1) is 11.8 Å². The Morgan fingerprint density at radius 1 is 1.26 bits per heavy atom. The van der Waals surface area contributed by atoms with E-state index in [9.17, 15) is 0 Å². The highest BCUT2D eigenvalue weighted by atomic mass is 32.1. The van der Waals surface area contributed by atoms with Gasteiger partial charge in [-0.05, 0) is 30.9 Å². The van der Waals surface area contributed by atoms with Crippen molar-refractivity contribution in [3.8, 4) is 0 Å². The van der Waals surface area contributed by atoms with Crippen LogP contribution in [0.2, 0.25) is 0 Å². The average molecular weight is 269 g/mol. The quantitative estimate of drug-likeness (QED) is 0.562. The molecule has 2 unspecified atom stereocenters. The van der Waals surface area contributed by atoms with Crippen molar-refractivity contribution in [2.75, 3.05) is 0 Å². The summed E-state index contributed by atoms with van der Waals surface area (Å²) in [4.78, 5) is 0.971. The van der Waals surface area contributed by atoms with Gasteiger partial charge < -0.3 is 4.57 Å². The van der Waals surface area contributed by atoms with E-state index in [0.717, 1.165) is 17.1 Å². The highest BCUT2D eigenvalue weighted by Crippen LogP contribution is 2.40. The Morgan fingerprint density at radius 2 is 2.16 bits per heavy atom. The zero-order chi connectivity index (χ0) is 12.8. The van der Waals surface area contributed by atoms with Crippen molar-refractivity contribution in [1.29, 1.82) is 0 Å². The van der Waals surface area contributed by atoms with E-state index in [4.69, 9.17) is 0 Å². The molecule has 0 bridgehead atoms. The largest absolute Gasteiger partial charge is 0.318 e. The van der Waals surface area contributed by atoms with Crippen molar-refractivity contribution < 1.29 is 0 Å². The first-order chi connectivity index (χ1) is 9.33. The first-order valence-corrected chi connectivity index (χ1v) is 7.46. The lowest BCUT2D eigenvalue weighted by molar-refractivity contribution is 0.445. The predicted octanol–water partition coefficient (Wildman–Crippen LogP) is 3.09. The van der Waals surface area contributed by atoms with E-state index in [1.54, 1.807) is 11.3 Å². The van der Waals surface area contributed by atoms with Gasteiger partial charge >= 0.3 is 0 Å². The van der Waals surface area contributed by atoms with E-state index in [0.29, 0.717) is 5.92 Å². The summed E-state index contributed by atoms with van der Waals surface area (Å²) in [7, 11) is 2.05. The lowest BCUT2D eigenvalue weighted by Gasteiger charge is -2.30. The van der Waals surface area contributed by atoms with Gasteiger partial charge in [0.1, 0.15) is 0 Å². The molecule has 4 rings (SSSR count). The lowest BCUT2D eigenvalue weighted by Crippen LogP contribution is -2.32. The summed E-state index contributed by atoms with van der Waals surface area (Å²) in [6.07, 6.45) is 6.90. The molecule has 0 aliphatic heterocycles. The van der Waals surface area contributed by atoms with Gasteiger partial charge in [-0.15, -0.1) is 5.10 Å². The second kappa shape index (κ2) is 4.17. The van der Waals surface area contributed by atoms with Crippen molar-refractivity contribution >= 4 is 27.3 Å². The molecule has 0 amide bonds. The average Bonchev–Trinajstić information content (AvgIpc) is 2.93. The minimum atomic E-state index is 0.573. The maximum Gasteiger partial charge on any atom is 0.211 e. The second-order valence-corrected chi connectivity index (χ2v) is 6.27. The van der Waals surface area contributed by atoms with Crippen molar-refractivity contribution in [1.82, 2.24) is 4.57 Å². The van der Waals surface area contributed by atoms with Gasteiger partial charge in [-0.1, -0.05) is 35.6 Å². The minimum absolute atomic E-state index is 0.573. The van der Waals surface area contributed by atoms with Gasteiger partial charge in [0, 0.05) is 18.7 Å². The van der Waals surface area contributed by atoms with Crippen molar-refractivity contribution in [3.63, 3.8) is 0 Å². The third-order valence-corrected chi connectivity index (χ3v) is 5.23. The summed E-state index contributed by atoms with van der Waals surface area (Å²) in [5, 5.41) is 8.94. The van der Waals surface area contributed by atoms with Crippen LogP contribution in [-0.4, -0.2) is 10.3 Å². The van der Waals surface area contributed by atoms with Crippen LogP contribution in [0.15, 0.2) is 46.6 Å². The number of rotatable bonds is 1. The Morgan fingerprint density at radius 3 is 3.00 bits per heavy atom. The zero-order valence-corrected chi connectivity index (χ0v) is 11.6. The van der Waals surface area contributed by atoms with Crippen LogP contribution in [0.25, 0.3) is 10.2 Å². The Bertz CT molecular complexity index is 763. The standard InChI is InChI=1S/C15H15N3S/c1-18-13-7-2-3-8-14(13)19-15(18)17-16-12-9-10-5-4-6-11(10)12/h2-4,6-8,10-11H,5,9H2,1H3/b16-12+,17-15-. The molecule has 2 aromatic rings. The number of para-hydroxylation sites is 1. The van der Waals surface area contributed by atoms with E-state index < -0.39 is 0 Å². The summed E-state index contributed by atoms with van der Waals surface area (Å²) >= 11 is 1.70. The fourth-order valence-corrected chi connectivity index (χ4v) is 3.90. The number of hydrogen-bond acceptors (Lipinski definition) is 3. The summed E-state index contributed by atoms with van der Waals surface area (Å²) in [6, 6.07) is 8.38. The van der Waals surface area contributed by atoms with Crippen LogP contribution in [0.5, 0.6) is 0 Å². The predicted molar refractivity (Wildman–Crippen MR) is 79.1 cm³/mol. The number of allylic oxidation sites excluding steroid dienone is 2. The highest BCUT2D eigenvalue weighted by molar-refractivity contribution is 7.16. The molecule has 1 aromatic heterocycles. The molecule has 1 heterocycles. The van der Waals surface area contributed by atoms with Crippen molar-refractivity contribution in [2.24, 2.45) is 29.1 Å². The topological polar surface area (TPSA) is 29.6 Å². The zero-order valence-electron chi connectivity index (χ0n) is 10.8. The molecule has 3 nitrogen and oxygen atoms in total. The number of fused-ring (bicyclic) bond motifs is 2. The number of hydrogen-bond donors (Lipinski definition) is 0. The number of nitrogens with zero attached hydrogens (tertiary/aromatic N) is 3. The molecule has 2 aliphatic rings. The Balaban J connectivity index is 1.74. The minimum Gasteiger partial charge on any atom is -0.318 e.